The predicted octanol–water partition coefficient (Wildman–Crippen LogP) is 3.52. The Labute approximate surface area is 133 Å². The van der Waals surface area contributed by atoms with Crippen LogP contribution in [0.15, 0.2) is 52.1 Å². The van der Waals surface area contributed by atoms with E-state index in [0.717, 1.165) is 5.56 Å². The lowest BCUT2D eigenvalue weighted by atomic mass is 9.91. The maximum atomic E-state index is 12.5. The molecule has 21 heavy (non-hydrogen) atoms. The van der Waals surface area contributed by atoms with E-state index >= 15 is 0 Å². The molecule has 112 valence electrons. The molecule has 0 saturated heterocycles. The van der Waals surface area contributed by atoms with Gasteiger partial charge in [-0.05, 0) is 23.6 Å². The molecule has 2 aromatic rings. The summed E-state index contributed by atoms with van der Waals surface area (Å²) in [4.78, 5) is 12.5. The third-order valence-electron chi connectivity index (χ3n) is 3.21. The van der Waals surface area contributed by atoms with Crippen LogP contribution in [0.1, 0.15) is 12.5 Å². The second kappa shape index (κ2) is 7.64. The van der Waals surface area contributed by atoms with E-state index in [4.69, 9.17) is 4.74 Å². The summed E-state index contributed by atoms with van der Waals surface area (Å²) in [7, 11) is 1.44. The molecule has 1 N–H and O–H groups in total. The van der Waals surface area contributed by atoms with Crippen molar-refractivity contribution in [3.63, 3.8) is 0 Å². The maximum Gasteiger partial charge on any atom is 0.331 e. The van der Waals surface area contributed by atoms with Crippen molar-refractivity contribution in [2.75, 3.05) is 19.4 Å². The van der Waals surface area contributed by atoms with E-state index in [1.165, 1.54) is 11.3 Å². The predicted molar refractivity (Wildman–Crippen MR) is 88.9 cm³/mol. The average Bonchev–Trinajstić information content (AvgIpc) is 3.05. The van der Waals surface area contributed by atoms with Crippen LogP contribution in [-0.2, 0) is 15.1 Å². The highest BCUT2D eigenvalue weighted by molar-refractivity contribution is 8.01. The highest BCUT2D eigenvalue weighted by atomic mass is 32.2. The molecule has 0 bridgehead atoms. The fraction of sp³-hybridized carbons (Fsp3) is 0.312. The van der Waals surface area contributed by atoms with Crippen molar-refractivity contribution < 1.29 is 9.53 Å². The number of thioether (sulfide) groups is 1. The zero-order chi connectivity index (χ0) is 15.1. The first-order valence-electron chi connectivity index (χ1n) is 6.78. The van der Waals surface area contributed by atoms with Crippen molar-refractivity contribution in [2.45, 2.75) is 16.7 Å². The smallest absolute Gasteiger partial charge is 0.331 e. The third-order valence-corrected chi connectivity index (χ3v) is 5.51. The Hall–Kier alpha value is -1.30. The van der Waals surface area contributed by atoms with E-state index in [-0.39, 0.29) is 5.97 Å². The van der Waals surface area contributed by atoms with E-state index in [1.54, 1.807) is 23.1 Å². The zero-order valence-electron chi connectivity index (χ0n) is 12.2. The van der Waals surface area contributed by atoms with Gasteiger partial charge in [0.1, 0.15) is 0 Å². The first-order valence-corrected chi connectivity index (χ1v) is 8.64. The summed E-state index contributed by atoms with van der Waals surface area (Å²) in [5.41, 5.74) is 0.113. The van der Waals surface area contributed by atoms with Crippen molar-refractivity contribution in [1.82, 2.24) is 5.32 Å². The molecule has 1 unspecified atom stereocenters. The molecule has 0 saturated carbocycles. The molecular formula is C16H19NO2S2. The van der Waals surface area contributed by atoms with Crippen LogP contribution < -0.4 is 5.32 Å². The molecule has 1 heterocycles. The van der Waals surface area contributed by atoms with E-state index in [0.29, 0.717) is 12.3 Å². The Morgan fingerprint density at radius 2 is 2.05 bits per heavy atom. The topological polar surface area (TPSA) is 38.3 Å². The summed E-state index contributed by atoms with van der Waals surface area (Å²) < 4.78 is 6.27. The van der Waals surface area contributed by atoms with Crippen molar-refractivity contribution in [3.8, 4) is 0 Å². The van der Waals surface area contributed by atoms with Gasteiger partial charge in [0.15, 0.2) is 5.54 Å². The van der Waals surface area contributed by atoms with Crippen molar-refractivity contribution in [3.05, 3.63) is 53.4 Å². The number of hydrogen-bond acceptors (Lipinski definition) is 5. The molecule has 1 atom stereocenters. The van der Waals surface area contributed by atoms with Crippen LogP contribution in [0.2, 0.25) is 0 Å². The lowest BCUT2D eigenvalue weighted by Gasteiger charge is -2.32. The van der Waals surface area contributed by atoms with Gasteiger partial charge in [-0.2, -0.15) is 0 Å². The molecule has 3 nitrogen and oxygen atoms in total. The summed E-state index contributed by atoms with van der Waals surface area (Å²) in [5, 5.41) is 5.37. The van der Waals surface area contributed by atoms with Crippen molar-refractivity contribution in [1.29, 1.82) is 0 Å². The molecule has 0 aliphatic heterocycles. The molecule has 0 aliphatic carbocycles. The summed E-state index contributed by atoms with van der Waals surface area (Å²) in [5.74, 6) is 0.345. The Bertz CT molecular complexity index is 557. The number of benzene rings is 1. The quantitative estimate of drug-likeness (QED) is 0.625. The van der Waals surface area contributed by atoms with Gasteiger partial charge in [0.25, 0.3) is 0 Å². The number of thiophene rings is 1. The summed E-state index contributed by atoms with van der Waals surface area (Å²) in [6.45, 7) is 2.69. The van der Waals surface area contributed by atoms with Gasteiger partial charge in [0, 0.05) is 5.75 Å². The monoisotopic (exact) mass is 321 g/mol. The fourth-order valence-electron chi connectivity index (χ4n) is 2.21. The molecule has 0 aliphatic rings. The van der Waals surface area contributed by atoms with Gasteiger partial charge in [-0.15, -0.1) is 23.1 Å². The molecule has 1 aromatic carbocycles. The van der Waals surface area contributed by atoms with Gasteiger partial charge < -0.3 is 4.74 Å². The maximum absolute atomic E-state index is 12.5. The van der Waals surface area contributed by atoms with Gasteiger partial charge in [0.2, 0.25) is 0 Å². The molecular weight excluding hydrogens is 302 g/mol. The number of nitrogens with one attached hydrogen (secondary N) is 1. The van der Waals surface area contributed by atoms with Gasteiger partial charge in [0.05, 0.1) is 11.3 Å². The minimum absolute atomic E-state index is 0.250. The number of ether oxygens (including phenoxy) is 1. The second-order valence-corrected chi connectivity index (χ2v) is 6.74. The SMILES string of the molecule is CCNC(CSc1cccs1)(C(=O)OC)c1ccccc1. The number of carbonyl (C=O) groups is 1. The normalized spacial score (nSPS) is 13.6. The lowest BCUT2D eigenvalue weighted by Crippen LogP contribution is -2.52. The Balaban J connectivity index is 2.33. The Morgan fingerprint density at radius 1 is 1.29 bits per heavy atom. The van der Waals surface area contributed by atoms with Crippen LogP contribution in [0, 0.1) is 0 Å². The standard InChI is InChI=1S/C16H19NO2S2/c1-3-17-16(15(18)19-2,13-8-5-4-6-9-13)12-21-14-10-7-11-20-14/h4-11,17H,3,12H2,1-2H3. The summed E-state index contributed by atoms with van der Waals surface area (Å²) in [6, 6.07) is 13.9. The van der Waals surface area contributed by atoms with E-state index < -0.39 is 5.54 Å². The molecule has 0 amide bonds. The van der Waals surface area contributed by atoms with Crippen LogP contribution in [-0.4, -0.2) is 25.4 Å². The zero-order valence-corrected chi connectivity index (χ0v) is 13.8. The largest absolute Gasteiger partial charge is 0.467 e. The summed E-state index contributed by atoms with van der Waals surface area (Å²) in [6.07, 6.45) is 0. The van der Waals surface area contributed by atoms with Crippen molar-refractivity contribution >= 4 is 29.1 Å². The molecule has 0 radical (unpaired) electrons. The van der Waals surface area contributed by atoms with Gasteiger partial charge in [-0.3, -0.25) is 5.32 Å². The molecule has 0 fully saturated rings. The minimum atomic E-state index is -0.820. The number of hydrogen-bond donors (Lipinski definition) is 1. The Morgan fingerprint density at radius 3 is 2.62 bits per heavy atom. The first kappa shape index (κ1) is 16.1. The Kier molecular flexibility index (Phi) is 5.85. The van der Waals surface area contributed by atoms with Gasteiger partial charge >= 0.3 is 5.97 Å². The number of likely N-dealkylation sites (N-methyl/N-ethyl adjacent to an activating group) is 1. The molecule has 2 rings (SSSR count). The van der Waals surface area contributed by atoms with Crippen LogP contribution >= 0.6 is 23.1 Å². The van der Waals surface area contributed by atoms with E-state index in [2.05, 4.69) is 11.4 Å². The van der Waals surface area contributed by atoms with E-state index in [1.807, 2.05) is 48.7 Å². The number of rotatable bonds is 7. The molecule has 5 heteroatoms. The fourth-order valence-corrected chi connectivity index (χ4v) is 4.19. The molecule has 1 aromatic heterocycles. The van der Waals surface area contributed by atoms with E-state index in [9.17, 15) is 4.79 Å². The lowest BCUT2D eigenvalue weighted by molar-refractivity contribution is -0.148. The highest BCUT2D eigenvalue weighted by Crippen LogP contribution is 2.33. The van der Waals surface area contributed by atoms with Gasteiger partial charge in [-0.25, -0.2) is 4.79 Å². The van der Waals surface area contributed by atoms with Crippen LogP contribution in [0.25, 0.3) is 0 Å². The third kappa shape index (κ3) is 3.67. The summed E-state index contributed by atoms with van der Waals surface area (Å²) >= 11 is 3.35. The van der Waals surface area contributed by atoms with Crippen LogP contribution in [0.3, 0.4) is 0 Å². The van der Waals surface area contributed by atoms with Crippen LogP contribution in [0.4, 0.5) is 0 Å². The van der Waals surface area contributed by atoms with Gasteiger partial charge in [-0.1, -0.05) is 43.3 Å². The number of esters is 1. The highest BCUT2D eigenvalue weighted by Gasteiger charge is 2.40. The second-order valence-electron chi connectivity index (χ2n) is 4.51. The average molecular weight is 321 g/mol. The minimum Gasteiger partial charge on any atom is -0.467 e. The van der Waals surface area contributed by atoms with Crippen LogP contribution in [0.5, 0.6) is 0 Å². The first-order chi connectivity index (χ1) is 10.2. The number of carbonyl (C=O) groups excluding carboxylic acids is 1. The number of methoxy groups -OCH3 is 1. The molecule has 0 spiro atoms. The van der Waals surface area contributed by atoms with Crippen molar-refractivity contribution in [2.24, 2.45) is 0 Å².